The second-order valence-corrected chi connectivity index (χ2v) is 4.09. The van der Waals surface area contributed by atoms with Crippen molar-refractivity contribution in [2.75, 3.05) is 5.32 Å². The Labute approximate surface area is 106 Å². The van der Waals surface area contributed by atoms with Crippen LogP contribution in [0.5, 0.6) is 0 Å². The molecular weight excluding hydrogens is 228 g/mol. The number of carbonyl (C=O) groups is 1. The number of nitrogens with zero attached hydrogens (tertiary/aromatic N) is 3. The zero-order chi connectivity index (χ0) is 12.8. The predicted octanol–water partition coefficient (Wildman–Crippen LogP) is 1.78. The van der Waals surface area contributed by atoms with Gasteiger partial charge in [-0.15, -0.1) is 0 Å². The minimum atomic E-state index is -0.0259. The largest absolute Gasteiger partial charge is 0.295 e. The van der Waals surface area contributed by atoms with E-state index in [4.69, 9.17) is 0 Å². The fourth-order valence-electron chi connectivity index (χ4n) is 1.69. The van der Waals surface area contributed by atoms with E-state index < -0.39 is 0 Å². The van der Waals surface area contributed by atoms with E-state index in [0.717, 1.165) is 12.8 Å². The molecule has 94 valence electrons. The Hall–Kier alpha value is -2.17. The monoisotopic (exact) mass is 244 g/mol. The van der Waals surface area contributed by atoms with Gasteiger partial charge in [-0.25, -0.2) is 4.68 Å². The molecule has 1 N–H and O–H groups in total. The maximum atomic E-state index is 11.7. The van der Waals surface area contributed by atoms with E-state index in [1.54, 1.807) is 7.05 Å². The van der Waals surface area contributed by atoms with Crippen molar-refractivity contribution in [2.45, 2.75) is 19.3 Å². The highest BCUT2D eigenvalue weighted by Crippen LogP contribution is 2.06. The van der Waals surface area contributed by atoms with Gasteiger partial charge in [0.1, 0.15) is 6.33 Å². The predicted molar refractivity (Wildman–Crippen MR) is 69.0 cm³/mol. The molecule has 0 aliphatic rings. The molecule has 0 bridgehead atoms. The minimum absolute atomic E-state index is 0.0259. The first-order chi connectivity index (χ1) is 8.75. The number of benzene rings is 1. The van der Waals surface area contributed by atoms with Crippen LogP contribution in [-0.2, 0) is 18.3 Å². The normalized spacial score (nSPS) is 10.3. The smallest absolute Gasteiger partial charge is 0.227 e. The topological polar surface area (TPSA) is 59.8 Å². The van der Waals surface area contributed by atoms with E-state index in [0.29, 0.717) is 12.4 Å². The number of rotatable bonds is 5. The highest BCUT2D eigenvalue weighted by atomic mass is 16.1. The van der Waals surface area contributed by atoms with Crippen LogP contribution in [0, 0.1) is 0 Å². The second kappa shape index (κ2) is 5.95. The molecule has 0 aliphatic heterocycles. The molecule has 0 spiro atoms. The van der Waals surface area contributed by atoms with Crippen LogP contribution in [0.15, 0.2) is 36.7 Å². The van der Waals surface area contributed by atoms with Gasteiger partial charge >= 0.3 is 0 Å². The van der Waals surface area contributed by atoms with Gasteiger partial charge in [0.15, 0.2) is 0 Å². The number of aromatic nitrogens is 3. The van der Waals surface area contributed by atoms with Crippen molar-refractivity contribution < 1.29 is 4.79 Å². The summed E-state index contributed by atoms with van der Waals surface area (Å²) in [5.41, 5.74) is 1.25. The quantitative estimate of drug-likeness (QED) is 0.872. The summed E-state index contributed by atoms with van der Waals surface area (Å²) in [7, 11) is 1.74. The van der Waals surface area contributed by atoms with Crippen LogP contribution >= 0.6 is 0 Å². The molecule has 0 atom stereocenters. The number of nitrogens with one attached hydrogen (secondary N) is 1. The van der Waals surface area contributed by atoms with Gasteiger partial charge in [0, 0.05) is 13.5 Å². The highest BCUT2D eigenvalue weighted by Gasteiger charge is 2.06. The number of amides is 1. The summed E-state index contributed by atoms with van der Waals surface area (Å²) in [4.78, 5) is 15.6. The molecule has 0 radical (unpaired) electrons. The van der Waals surface area contributed by atoms with Crippen molar-refractivity contribution in [3.8, 4) is 0 Å². The molecule has 2 rings (SSSR count). The molecule has 1 aromatic carbocycles. The summed E-state index contributed by atoms with van der Waals surface area (Å²) in [5, 5.41) is 6.62. The van der Waals surface area contributed by atoms with Gasteiger partial charge in [-0.1, -0.05) is 30.3 Å². The highest BCUT2D eigenvalue weighted by molar-refractivity contribution is 5.88. The zero-order valence-electron chi connectivity index (χ0n) is 10.3. The standard InChI is InChI=1S/C13H16N4O/c1-17-13(14-10-15-17)16-12(18)9-5-8-11-6-3-2-4-7-11/h2-4,6-7,10H,5,8-9H2,1H3,(H,14,15,16,18). The summed E-state index contributed by atoms with van der Waals surface area (Å²) in [6.45, 7) is 0. The lowest BCUT2D eigenvalue weighted by Crippen LogP contribution is -2.15. The third-order valence-electron chi connectivity index (χ3n) is 2.67. The van der Waals surface area contributed by atoms with E-state index in [2.05, 4.69) is 27.5 Å². The third kappa shape index (κ3) is 3.41. The SMILES string of the molecule is Cn1ncnc1NC(=O)CCCc1ccccc1. The summed E-state index contributed by atoms with van der Waals surface area (Å²) >= 11 is 0. The molecule has 5 heteroatoms. The van der Waals surface area contributed by atoms with Crippen LogP contribution < -0.4 is 5.32 Å². The van der Waals surface area contributed by atoms with E-state index in [9.17, 15) is 4.79 Å². The van der Waals surface area contributed by atoms with Crippen molar-refractivity contribution in [1.82, 2.24) is 14.8 Å². The fraction of sp³-hybridized carbons (Fsp3) is 0.308. The second-order valence-electron chi connectivity index (χ2n) is 4.09. The van der Waals surface area contributed by atoms with E-state index in [-0.39, 0.29) is 5.91 Å². The van der Waals surface area contributed by atoms with E-state index in [1.165, 1.54) is 16.6 Å². The number of hydrogen-bond acceptors (Lipinski definition) is 3. The molecule has 1 heterocycles. The molecule has 1 aromatic heterocycles. The summed E-state index contributed by atoms with van der Waals surface area (Å²) in [6.07, 6.45) is 3.64. The average Bonchev–Trinajstić information content (AvgIpc) is 2.76. The lowest BCUT2D eigenvalue weighted by molar-refractivity contribution is -0.116. The molecule has 0 fully saturated rings. The van der Waals surface area contributed by atoms with E-state index >= 15 is 0 Å². The molecule has 0 unspecified atom stereocenters. The Morgan fingerprint density at radius 1 is 1.33 bits per heavy atom. The van der Waals surface area contributed by atoms with Crippen LogP contribution in [0.2, 0.25) is 0 Å². The number of anilines is 1. The van der Waals surface area contributed by atoms with Crippen molar-refractivity contribution in [3.63, 3.8) is 0 Å². The Balaban J connectivity index is 1.74. The van der Waals surface area contributed by atoms with Gasteiger partial charge in [-0.05, 0) is 18.4 Å². The Bertz CT molecular complexity index is 507. The van der Waals surface area contributed by atoms with Crippen LogP contribution in [0.1, 0.15) is 18.4 Å². The summed E-state index contributed by atoms with van der Waals surface area (Å²) < 4.78 is 1.54. The van der Waals surface area contributed by atoms with Crippen molar-refractivity contribution in [2.24, 2.45) is 7.05 Å². The maximum absolute atomic E-state index is 11.7. The Kier molecular flexibility index (Phi) is 4.06. The van der Waals surface area contributed by atoms with Crippen LogP contribution in [0.3, 0.4) is 0 Å². The first-order valence-electron chi connectivity index (χ1n) is 5.93. The summed E-state index contributed by atoms with van der Waals surface area (Å²) in [5.74, 6) is 0.460. The Morgan fingerprint density at radius 3 is 2.78 bits per heavy atom. The first-order valence-corrected chi connectivity index (χ1v) is 5.93. The third-order valence-corrected chi connectivity index (χ3v) is 2.67. The number of carbonyl (C=O) groups excluding carboxylic acids is 1. The van der Waals surface area contributed by atoms with E-state index in [1.807, 2.05) is 18.2 Å². The first kappa shape index (κ1) is 12.3. The molecule has 1 amide bonds. The molecule has 5 nitrogen and oxygen atoms in total. The fourth-order valence-corrected chi connectivity index (χ4v) is 1.69. The van der Waals surface area contributed by atoms with Crippen LogP contribution in [0.4, 0.5) is 5.95 Å². The Morgan fingerprint density at radius 2 is 2.11 bits per heavy atom. The van der Waals surface area contributed by atoms with Gasteiger partial charge in [0.2, 0.25) is 11.9 Å². The number of hydrogen-bond donors (Lipinski definition) is 1. The number of aryl methyl sites for hydroxylation is 2. The summed E-state index contributed by atoms with van der Waals surface area (Å²) in [6, 6.07) is 10.1. The van der Waals surface area contributed by atoms with Gasteiger partial charge in [-0.3, -0.25) is 10.1 Å². The van der Waals surface area contributed by atoms with Crippen LogP contribution in [-0.4, -0.2) is 20.7 Å². The van der Waals surface area contributed by atoms with Crippen LogP contribution in [0.25, 0.3) is 0 Å². The lowest BCUT2D eigenvalue weighted by atomic mass is 10.1. The van der Waals surface area contributed by atoms with Crippen molar-refractivity contribution in [1.29, 1.82) is 0 Å². The molecule has 2 aromatic rings. The average molecular weight is 244 g/mol. The van der Waals surface area contributed by atoms with Gasteiger partial charge in [0.05, 0.1) is 0 Å². The lowest BCUT2D eigenvalue weighted by Gasteiger charge is -2.04. The van der Waals surface area contributed by atoms with Gasteiger partial charge in [0.25, 0.3) is 0 Å². The molecule has 0 saturated carbocycles. The minimum Gasteiger partial charge on any atom is -0.295 e. The zero-order valence-corrected chi connectivity index (χ0v) is 10.3. The molecule has 18 heavy (non-hydrogen) atoms. The maximum Gasteiger partial charge on any atom is 0.227 e. The van der Waals surface area contributed by atoms with Gasteiger partial charge in [-0.2, -0.15) is 10.1 Å². The molecular formula is C13H16N4O. The molecule has 0 aliphatic carbocycles. The van der Waals surface area contributed by atoms with Gasteiger partial charge < -0.3 is 0 Å². The molecule has 0 saturated heterocycles. The van der Waals surface area contributed by atoms with Crippen molar-refractivity contribution in [3.05, 3.63) is 42.2 Å². The van der Waals surface area contributed by atoms with Crippen molar-refractivity contribution >= 4 is 11.9 Å².